The van der Waals surface area contributed by atoms with Crippen molar-refractivity contribution in [2.45, 2.75) is 19.5 Å². The van der Waals surface area contributed by atoms with Crippen LogP contribution in [0.15, 0.2) is 47.1 Å². The van der Waals surface area contributed by atoms with E-state index in [9.17, 15) is 14.4 Å². The molecule has 0 saturated carbocycles. The number of urea groups is 1. The highest BCUT2D eigenvalue weighted by Crippen LogP contribution is 2.12. The van der Waals surface area contributed by atoms with Crippen molar-refractivity contribution in [3.8, 4) is 0 Å². The minimum atomic E-state index is -0.864. The van der Waals surface area contributed by atoms with Gasteiger partial charge in [0.15, 0.2) is 0 Å². The Hall–Kier alpha value is -3.13. The number of primary amides is 1. The number of carbonyl (C=O) groups excluding carboxylic acids is 3. The molecule has 0 bridgehead atoms. The Morgan fingerprint density at radius 1 is 1.12 bits per heavy atom. The number of hydrogen-bond acceptors (Lipinski definition) is 5. The molecule has 4 amide bonds. The molecule has 0 atom stereocenters. The monoisotopic (exact) mass is 358 g/mol. The highest BCUT2D eigenvalue weighted by atomic mass is 16.3. The summed E-state index contributed by atoms with van der Waals surface area (Å²) in [6.45, 7) is 1.48. The van der Waals surface area contributed by atoms with Gasteiger partial charge < -0.3 is 15.5 Å². The number of furan rings is 1. The molecule has 2 rings (SSSR count). The highest BCUT2D eigenvalue weighted by Gasteiger charge is 2.13. The standard InChI is InChI=1S/C18H22N4O4/c1-20-17(24)14-6-4-13(5-7-14)11-22(12-15-3-2-10-26-15)9-8-16(23)21-18(19)25/h2-7,10H,8-9,11-12H2,1H3,(H,20,24)(H3,19,21,23,25). The van der Waals surface area contributed by atoms with E-state index < -0.39 is 11.9 Å². The fourth-order valence-electron chi connectivity index (χ4n) is 2.46. The lowest BCUT2D eigenvalue weighted by Gasteiger charge is -2.21. The Balaban J connectivity index is 2.01. The summed E-state index contributed by atoms with van der Waals surface area (Å²) in [6.07, 6.45) is 1.71. The first-order valence-corrected chi connectivity index (χ1v) is 8.13. The SMILES string of the molecule is CNC(=O)c1ccc(CN(CCC(=O)NC(N)=O)Cc2ccco2)cc1. The van der Waals surface area contributed by atoms with Crippen LogP contribution < -0.4 is 16.4 Å². The van der Waals surface area contributed by atoms with E-state index >= 15 is 0 Å². The van der Waals surface area contributed by atoms with Crippen molar-refractivity contribution in [3.63, 3.8) is 0 Å². The second kappa shape index (κ2) is 9.38. The average molecular weight is 358 g/mol. The zero-order valence-electron chi connectivity index (χ0n) is 14.5. The van der Waals surface area contributed by atoms with Crippen molar-refractivity contribution < 1.29 is 18.8 Å². The van der Waals surface area contributed by atoms with Crippen LogP contribution in [0.1, 0.15) is 28.1 Å². The van der Waals surface area contributed by atoms with E-state index in [1.165, 1.54) is 0 Å². The summed E-state index contributed by atoms with van der Waals surface area (Å²) in [7, 11) is 1.58. The van der Waals surface area contributed by atoms with E-state index in [-0.39, 0.29) is 12.3 Å². The van der Waals surface area contributed by atoms with Gasteiger partial charge in [-0.15, -0.1) is 0 Å². The maximum atomic E-state index is 11.7. The summed E-state index contributed by atoms with van der Waals surface area (Å²) in [5, 5.41) is 4.63. The van der Waals surface area contributed by atoms with Gasteiger partial charge in [-0.25, -0.2) is 4.79 Å². The molecule has 138 valence electrons. The first-order valence-electron chi connectivity index (χ1n) is 8.13. The molecule has 0 saturated heterocycles. The third kappa shape index (κ3) is 6.06. The minimum Gasteiger partial charge on any atom is -0.468 e. The van der Waals surface area contributed by atoms with Crippen molar-refractivity contribution in [2.24, 2.45) is 5.73 Å². The molecule has 0 aliphatic heterocycles. The van der Waals surface area contributed by atoms with Gasteiger partial charge in [-0.1, -0.05) is 12.1 Å². The predicted molar refractivity (Wildman–Crippen MR) is 95.0 cm³/mol. The lowest BCUT2D eigenvalue weighted by atomic mass is 10.1. The Morgan fingerprint density at radius 2 is 1.85 bits per heavy atom. The fourth-order valence-corrected chi connectivity index (χ4v) is 2.46. The predicted octanol–water partition coefficient (Wildman–Crippen LogP) is 1.23. The molecule has 0 aliphatic carbocycles. The van der Waals surface area contributed by atoms with Crippen LogP contribution in [0.4, 0.5) is 4.79 Å². The van der Waals surface area contributed by atoms with Gasteiger partial charge in [0.1, 0.15) is 5.76 Å². The number of nitrogens with two attached hydrogens (primary N) is 1. The first kappa shape index (κ1) is 19.2. The molecule has 1 aromatic carbocycles. The molecule has 2 aromatic rings. The maximum absolute atomic E-state index is 11.7. The second-order valence-corrected chi connectivity index (χ2v) is 5.73. The number of amides is 4. The van der Waals surface area contributed by atoms with E-state index in [0.29, 0.717) is 25.2 Å². The first-order chi connectivity index (χ1) is 12.5. The molecular weight excluding hydrogens is 336 g/mol. The lowest BCUT2D eigenvalue weighted by Crippen LogP contribution is -2.37. The summed E-state index contributed by atoms with van der Waals surface area (Å²) in [6, 6.07) is 10.0. The molecular formula is C18H22N4O4. The van der Waals surface area contributed by atoms with Gasteiger partial charge >= 0.3 is 6.03 Å². The van der Waals surface area contributed by atoms with Gasteiger partial charge in [-0.05, 0) is 29.8 Å². The molecule has 1 aromatic heterocycles. The molecule has 4 N–H and O–H groups in total. The summed E-state index contributed by atoms with van der Waals surface area (Å²) >= 11 is 0. The van der Waals surface area contributed by atoms with Gasteiger partial charge in [0.05, 0.1) is 12.8 Å². The van der Waals surface area contributed by atoms with Crippen LogP contribution >= 0.6 is 0 Å². The maximum Gasteiger partial charge on any atom is 0.318 e. The van der Waals surface area contributed by atoms with E-state index in [0.717, 1.165) is 11.3 Å². The molecule has 8 nitrogen and oxygen atoms in total. The third-order valence-electron chi connectivity index (χ3n) is 3.73. The quantitative estimate of drug-likeness (QED) is 0.656. The van der Waals surface area contributed by atoms with Crippen molar-refractivity contribution in [3.05, 3.63) is 59.5 Å². The third-order valence-corrected chi connectivity index (χ3v) is 3.73. The van der Waals surface area contributed by atoms with E-state index in [2.05, 4.69) is 10.6 Å². The normalized spacial score (nSPS) is 10.5. The number of nitrogens with zero attached hydrogens (tertiary/aromatic N) is 1. The van der Waals surface area contributed by atoms with Crippen LogP contribution in [0.5, 0.6) is 0 Å². The number of benzene rings is 1. The van der Waals surface area contributed by atoms with Crippen LogP contribution in [0.3, 0.4) is 0 Å². The van der Waals surface area contributed by atoms with Gasteiger partial charge in [-0.3, -0.25) is 19.8 Å². The number of rotatable bonds is 8. The molecule has 26 heavy (non-hydrogen) atoms. The molecule has 0 radical (unpaired) electrons. The number of imide groups is 1. The topological polar surface area (TPSA) is 118 Å². The van der Waals surface area contributed by atoms with Crippen LogP contribution in [-0.4, -0.2) is 36.3 Å². The molecule has 0 aliphatic rings. The molecule has 1 heterocycles. The Morgan fingerprint density at radius 3 is 2.42 bits per heavy atom. The Bertz CT molecular complexity index is 741. The summed E-state index contributed by atoms with van der Waals surface area (Å²) < 4.78 is 5.37. The summed E-state index contributed by atoms with van der Waals surface area (Å²) in [5.74, 6) is 0.186. The zero-order chi connectivity index (χ0) is 18.9. The largest absolute Gasteiger partial charge is 0.468 e. The highest BCUT2D eigenvalue weighted by molar-refractivity contribution is 5.94. The molecule has 0 unspecified atom stereocenters. The van der Waals surface area contributed by atoms with E-state index in [1.807, 2.05) is 23.1 Å². The average Bonchev–Trinajstić information content (AvgIpc) is 3.12. The van der Waals surface area contributed by atoms with Crippen LogP contribution in [0, 0.1) is 0 Å². The Labute approximate surface area is 151 Å². The smallest absolute Gasteiger partial charge is 0.318 e. The van der Waals surface area contributed by atoms with Gasteiger partial charge in [0.25, 0.3) is 5.91 Å². The van der Waals surface area contributed by atoms with Crippen molar-refractivity contribution in [1.82, 2.24) is 15.5 Å². The van der Waals surface area contributed by atoms with Crippen LogP contribution in [0.25, 0.3) is 0 Å². The van der Waals surface area contributed by atoms with Crippen molar-refractivity contribution in [1.29, 1.82) is 0 Å². The van der Waals surface area contributed by atoms with E-state index in [4.69, 9.17) is 10.2 Å². The summed E-state index contributed by atoms with van der Waals surface area (Å²) in [4.78, 5) is 36.0. The summed E-state index contributed by atoms with van der Waals surface area (Å²) in [5.41, 5.74) is 6.51. The Kier molecular flexibility index (Phi) is 6.92. The molecule has 0 fully saturated rings. The number of carbonyl (C=O) groups is 3. The molecule has 0 spiro atoms. The zero-order valence-corrected chi connectivity index (χ0v) is 14.5. The van der Waals surface area contributed by atoms with E-state index in [1.54, 1.807) is 31.5 Å². The van der Waals surface area contributed by atoms with Crippen LogP contribution in [-0.2, 0) is 17.9 Å². The van der Waals surface area contributed by atoms with Crippen molar-refractivity contribution >= 4 is 17.8 Å². The molecule has 8 heteroatoms. The van der Waals surface area contributed by atoms with Gasteiger partial charge in [0, 0.05) is 32.1 Å². The van der Waals surface area contributed by atoms with Crippen LogP contribution in [0.2, 0.25) is 0 Å². The van der Waals surface area contributed by atoms with Gasteiger partial charge in [-0.2, -0.15) is 0 Å². The number of hydrogen-bond donors (Lipinski definition) is 3. The van der Waals surface area contributed by atoms with Gasteiger partial charge in [0.2, 0.25) is 5.91 Å². The fraction of sp³-hybridized carbons (Fsp3) is 0.278. The lowest BCUT2D eigenvalue weighted by molar-refractivity contribution is -0.120. The number of nitrogens with one attached hydrogen (secondary N) is 2. The van der Waals surface area contributed by atoms with Crippen molar-refractivity contribution in [2.75, 3.05) is 13.6 Å². The minimum absolute atomic E-state index is 0.125. The second-order valence-electron chi connectivity index (χ2n) is 5.73.